The summed E-state index contributed by atoms with van der Waals surface area (Å²) in [7, 11) is -3.61. The van der Waals surface area contributed by atoms with Crippen molar-refractivity contribution in [2.24, 2.45) is 0 Å². The lowest BCUT2D eigenvalue weighted by Crippen LogP contribution is -2.27. The normalized spacial score (nSPS) is 15.2. The first-order valence-electron chi connectivity index (χ1n) is 6.71. The zero-order valence-electron chi connectivity index (χ0n) is 11.3. The molecule has 0 bridgehead atoms. The standard InChI is InChI=1S/C13H16N4O3S/c14-8-1-4-10-11(7-8)17-13(16-10)21(19,20)6-5-12(18)15-9-2-3-9/h1,4,7,9H,2-3,5-6,14H2,(H,15,18)(H,16,17). The quantitative estimate of drug-likeness (QED) is 0.699. The molecule has 0 radical (unpaired) electrons. The predicted octanol–water partition coefficient (Wildman–Crippen LogP) is 0.587. The smallest absolute Gasteiger partial charge is 0.226 e. The second-order valence-corrected chi connectivity index (χ2v) is 7.25. The van der Waals surface area contributed by atoms with Gasteiger partial charge in [-0.1, -0.05) is 0 Å². The van der Waals surface area contributed by atoms with Crippen molar-refractivity contribution >= 4 is 32.5 Å². The van der Waals surface area contributed by atoms with E-state index in [1.807, 2.05) is 0 Å². The number of sulfone groups is 1. The summed E-state index contributed by atoms with van der Waals surface area (Å²) >= 11 is 0. The molecule has 1 aromatic heterocycles. The molecule has 1 aliphatic carbocycles. The number of H-pyrrole nitrogens is 1. The van der Waals surface area contributed by atoms with Gasteiger partial charge >= 0.3 is 0 Å². The van der Waals surface area contributed by atoms with E-state index in [4.69, 9.17) is 5.73 Å². The van der Waals surface area contributed by atoms with Crippen molar-refractivity contribution in [2.45, 2.75) is 30.5 Å². The van der Waals surface area contributed by atoms with Crippen LogP contribution in [-0.2, 0) is 14.6 Å². The Kier molecular flexibility index (Phi) is 3.32. The molecule has 1 amide bonds. The minimum Gasteiger partial charge on any atom is -0.399 e. The van der Waals surface area contributed by atoms with Gasteiger partial charge in [0, 0.05) is 18.2 Å². The van der Waals surface area contributed by atoms with Crippen LogP contribution in [-0.4, -0.2) is 36.1 Å². The maximum Gasteiger partial charge on any atom is 0.226 e. The number of aromatic nitrogens is 2. The summed E-state index contributed by atoms with van der Waals surface area (Å²) in [5.41, 5.74) is 7.27. The minimum atomic E-state index is -3.61. The summed E-state index contributed by atoms with van der Waals surface area (Å²) in [6, 6.07) is 5.17. The van der Waals surface area contributed by atoms with Crippen LogP contribution in [0.1, 0.15) is 19.3 Å². The summed E-state index contributed by atoms with van der Waals surface area (Å²) in [4.78, 5) is 18.4. The first kappa shape index (κ1) is 13.9. The molecule has 0 spiro atoms. The minimum absolute atomic E-state index is 0.0575. The Labute approximate surface area is 121 Å². The van der Waals surface area contributed by atoms with E-state index in [0.717, 1.165) is 12.8 Å². The second-order valence-electron chi connectivity index (χ2n) is 5.23. The van der Waals surface area contributed by atoms with Gasteiger partial charge in [0.2, 0.25) is 20.9 Å². The molecule has 4 N–H and O–H groups in total. The van der Waals surface area contributed by atoms with Crippen LogP contribution in [0.15, 0.2) is 23.4 Å². The number of imidazole rings is 1. The highest BCUT2D eigenvalue weighted by molar-refractivity contribution is 7.91. The summed E-state index contributed by atoms with van der Waals surface area (Å²) in [6.07, 6.45) is 1.89. The Hall–Kier alpha value is -2.09. The van der Waals surface area contributed by atoms with E-state index in [2.05, 4.69) is 15.3 Å². The van der Waals surface area contributed by atoms with E-state index < -0.39 is 9.84 Å². The van der Waals surface area contributed by atoms with Crippen molar-refractivity contribution in [3.63, 3.8) is 0 Å². The lowest BCUT2D eigenvalue weighted by Gasteiger charge is -2.02. The van der Waals surface area contributed by atoms with Crippen molar-refractivity contribution in [2.75, 3.05) is 11.5 Å². The summed E-state index contributed by atoms with van der Waals surface area (Å²) < 4.78 is 24.4. The number of aromatic amines is 1. The second kappa shape index (κ2) is 5.03. The van der Waals surface area contributed by atoms with Crippen LogP contribution < -0.4 is 11.1 Å². The molecule has 7 nitrogen and oxygen atoms in total. The van der Waals surface area contributed by atoms with Gasteiger partial charge in [-0.2, -0.15) is 0 Å². The molecule has 112 valence electrons. The van der Waals surface area contributed by atoms with Gasteiger partial charge in [0.25, 0.3) is 0 Å². The maximum absolute atomic E-state index is 12.2. The van der Waals surface area contributed by atoms with Gasteiger partial charge in [0.1, 0.15) is 0 Å². The van der Waals surface area contributed by atoms with E-state index in [1.165, 1.54) is 0 Å². The molecule has 3 rings (SSSR count). The van der Waals surface area contributed by atoms with Crippen molar-refractivity contribution in [1.82, 2.24) is 15.3 Å². The van der Waals surface area contributed by atoms with Gasteiger partial charge in [0.05, 0.1) is 16.8 Å². The number of nitrogens with two attached hydrogens (primary N) is 1. The van der Waals surface area contributed by atoms with Crippen molar-refractivity contribution in [3.8, 4) is 0 Å². The van der Waals surface area contributed by atoms with Crippen LogP contribution in [0.3, 0.4) is 0 Å². The average molecular weight is 308 g/mol. The van der Waals surface area contributed by atoms with E-state index in [0.29, 0.717) is 16.7 Å². The molecule has 1 aliphatic rings. The first-order valence-corrected chi connectivity index (χ1v) is 8.37. The molecular formula is C13H16N4O3S. The number of amides is 1. The Morgan fingerprint density at radius 1 is 1.43 bits per heavy atom. The molecular weight excluding hydrogens is 292 g/mol. The monoisotopic (exact) mass is 308 g/mol. The maximum atomic E-state index is 12.2. The molecule has 8 heteroatoms. The Bertz CT molecular complexity index is 793. The largest absolute Gasteiger partial charge is 0.399 e. The van der Waals surface area contributed by atoms with Gasteiger partial charge in [-0.05, 0) is 31.0 Å². The molecule has 0 atom stereocenters. The molecule has 2 aromatic rings. The van der Waals surface area contributed by atoms with Gasteiger partial charge in [-0.15, -0.1) is 0 Å². The molecule has 0 unspecified atom stereocenters. The third-order valence-electron chi connectivity index (χ3n) is 3.32. The third-order valence-corrected chi connectivity index (χ3v) is 4.84. The number of fused-ring (bicyclic) bond motifs is 1. The van der Waals surface area contributed by atoms with Crippen LogP contribution >= 0.6 is 0 Å². The molecule has 0 aliphatic heterocycles. The number of hydrogen-bond donors (Lipinski definition) is 3. The number of carbonyl (C=O) groups excluding carboxylic acids is 1. The van der Waals surface area contributed by atoms with Crippen LogP contribution in [0, 0.1) is 0 Å². The number of nitrogens with one attached hydrogen (secondary N) is 2. The van der Waals surface area contributed by atoms with E-state index in [9.17, 15) is 13.2 Å². The number of rotatable bonds is 5. The number of nitrogen functional groups attached to an aromatic ring is 1. The molecule has 0 saturated heterocycles. The number of hydrogen-bond acceptors (Lipinski definition) is 5. The summed E-state index contributed by atoms with van der Waals surface area (Å²) in [6.45, 7) is 0. The van der Waals surface area contributed by atoms with Crippen LogP contribution in [0.4, 0.5) is 5.69 Å². The fourth-order valence-corrected chi connectivity index (χ4v) is 3.15. The Morgan fingerprint density at radius 2 is 2.19 bits per heavy atom. The number of carbonyl (C=O) groups is 1. The van der Waals surface area contributed by atoms with Crippen molar-refractivity contribution < 1.29 is 13.2 Å². The Balaban J connectivity index is 1.74. The molecule has 1 fully saturated rings. The summed E-state index contributed by atoms with van der Waals surface area (Å²) in [5.74, 6) is -0.498. The van der Waals surface area contributed by atoms with Gasteiger partial charge in [0.15, 0.2) is 0 Å². The zero-order chi connectivity index (χ0) is 15.0. The van der Waals surface area contributed by atoms with Crippen LogP contribution in [0.5, 0.6) is 0 Å². The lowest BCUT2D eigenvalue weighted by molar-refractivity contribution is -0.120. The molecule has 1 heterocycles. The molecule has 21 heavy (non-hydrogen) atoms. The lowest BCUT2D eigenvalue weighted by atomic mass is 10.3. The summed E-state index contributed by atoms with van der Waals surface area (Å²) in [5, 5.41) is 2.64. The molecule has 1 saturated carbocycles. The highest BCUT2D eigenvalue weighted by atomic mass is 32.2. The van der Waals surface area contributed by atoms with Crippen LogP contribution in [0.2, 0.25) is 0 Å². The topological polar surface area (TPSA) is 118 Å². The number of benzene rings is 1. The van der Waals surface area contributed by atoms with E-state index in [1.54, 1.807) is 18.2 Å². The highest BCUT2D eigenvalue weighted by Crippen LogP contribution is 2.20. The number of anilines is 1. The van der Waals surface area contributed by atoms with E-state index in [-0.39, 0.29) is 29.3 Å². The predicted molar refractivity (Wildman–Crippen MR) is 78.3 cm³/mol. The first-order chi connectivity index (χ1) is 9.94. The van der Waals surface area contributed by atoms with Crippen LogP contribution in [0.25, 0.3) is 11.0 Å². The highest BCUT2D eigenvalue weighted by Gasteiger charge is 2.25. The van der Waals surface area contributed by atoms with Gasteiger partial charge < -0.3 is 16.0 Å². The zero-order valence-corrected chi connectivity index (χ0v) is 12.1. The SMILES string of the molecule is Nc1ccc2nc(S(=O)(=O)CCC(=O)NC3CC3)[nH]c2c1. The Morgan fingerprint density at radius 3 is 2.90 bits per heavy atom. The number of nitrogens with zero attached hydrogens (tertiary/aromatic N) is 1. The van der Waals surface area contributed by atoms with Gasteiger partial charge in [-0.3, -0.25) is 4.79 Å². The van der Waals surface area contributed by atoms with Crippen molar-refractivity contribution in [1.29, 1.82) is 0 Å². The molecule has 1 aromatic carbocycles. The average Bonchev–Trinajstić information content (AvgIpc) is 3.12. The van der Waals surface area contributed by atoms with E-state index >= 15 is 0 Å². The van der Waals surface area contributed by atoms with Crippen molar-refractivity contribution in [3.05, 3.63) is 18.2 Å². The fourth-order valence-electron chi connectivity index (χ4n) is 2.00. The van der Waals surface area contributed by atoms with Gasteiger partial charge in [-0.25, -0.2) is 13.4 Å². The third kappa shape index (κ3) is 3.15. The fraction of sp³-hybridized carbons (Fsp3) is 0.385.